The molecule has 88 valence electrons. The summed E-state index contributed by atoms with van der Waals surface area (Å²) in [5.74, 6) is -0.384. The molecular formula is C9H16ClNO3S. The maximum absolute atomic E-state index is 11.0. The van der Waals surface area contributed by atoms with E-state index in [0.29, 0.717) is 6.42 Å². The van der Waals surface area contributed by atoms with E-state index < -0.39 is 9.24 Å². The van der Waals surface area contributed by atoms with Crippen LogP contribution in [0.1, 0.15) is 45.4 Å². The molecule has 0 aromatic heterocycles. The first kappa shape index (κ1) is 12.8. The molecule has 15 heavy (non-hydrogen) atoms. The molecule has 4 nitrogen and oxygen atoms in total. The zero-order chi connectivity index (χ0) is 11.5. The van der Waals surface area contributed by atoms with E-state index >= 15 is 0 Å². The first-order valence-electron chi connectivity index (χ1n) is 5.23. The fourth-order valence-electron chi connectivity index (χ4n) is 1.79. The van der Waals surface area contributed by atoms with Crippen molar-refractivity contribution in [1.82, 2.24) is 4.31 Å². The zero-order valence-electron chi connectivity index (χ0n) is 8.78. The Hall–Kier alpha value is -0.290. The van der Waals surface area contributed by atoms with Crippen molar-refractivity contribution in [1.29, 1.82) is 0 Å². The second kappa shape index (κ2) is 5.16. The van der Waals surface area contributed by atoms with Gasteiger partial charge in [-0.25, -0.2) is 4.31 Å². The van der Waals surface area contributed by atoms with Crippen LogP contribution in [0.2, 0.25) is 0 Å². The second-order valence-corrected chi connectivity index (χ2v) is 6.23. The molecule has 0 spiro atoms. The maximum Gasteiger partial charge on any atom is 0.324 e. The maximum atomic E-state index is 11.0. The lowest BCUT2D eigenvalue weighted by Gasteiger charge is -2.37. The van der Waals surface area contributed by atoms with Crippen LogP contribution in [0.25, 0.3) is 0 Å². The Balaban J connectivity index is 2.35. The number of hydrogen-bond donors (Lipinski definition) is 0. The third kappa shape index (κ3) is 3.34. The summed E-state index contributed by atoms with van der Waals surface area (Å²) in [6.45, 7) is 2.11. The van der Waals surface area contributed by atoms with Gasteiger partial charge in [-0.3, -0.25) is 4.79 Å². The van der Waals surface area contributed by atoms with Gasteiger partial charge in [-0.2, -0.15) is 8.42 Å². The van der Waals surface area contributed by atoms with Crippen LogP contribution in [0, 0.1) is 0 Å². The standard InChI is InChI=1S/C9H16ClNO3S/c1-2-3-4-5-6-8-7-9(12)11(8)15(10,13)14/h8H,2-7H2,1H3. The van der Waals surface area contributed by atoms with E-state index in [9.17, 15) is 13.2 Å². The molecule has 6 heteroatoms. The van der Waals surface area contributed by atoms with Crippen molar-refractivity contribution in [3.05, 3.63) is 0 Å². The van der Waals surface area contributed by atoms with E-state index in [-0.39, 0.29) is 11.9 Å². The summed E-state index contributed by atoms with van der Waals surface area (Å²) < 4.78 is 22.8. The lowest BCUT2D eigenvalue weighted by atomic mass is 9.99. The number of carbonyl (C=O) groups is 1. The summed E-state index contributed by atoms with van der Waals surface area (Å²) in [4.78, 5) is 11.0. The number of unbranched alkanes of at least 4 members (excludes halogenated alkanes) is 3. The Kier molecular flexibility index (Phi) is 4.40. The van der Waals surface area contributed by atoms with Gasteiger partial charge in [0.15, 0.2) is 0 Å². The Labute approximate surface area is 95.1 Å². The summed E-state index contributed by atoms with van der Waals surface area (Å²) in [6.07, 6.45) is 5.37. The number of hydrogen-bond acceptors (Lipinski definition) is 3. The summed E-state index contributed by atoms with van der Waals surface area (Å²) >= 11 is 0. The predicted octanol–water partition coefficient (Wildman–Crippen LogP) is 2.04. The third-order valence-corrected chi connectivity index (χ3v) is 4.03. The van der Waals surface area contributed by atoms with Crippen LogP contribution in [0.4, 0.5) is 0 Å². The van der Waals surface area contributed by atoms with Gasteiger partial charge >= 0.3 is 9.24 Å². The highest BCUT2D eigenvalue weighted by atomic mass is 35.7. The molecule has 0 aliphatic carbocycles. The van der Waals surface area contributed by atoms with Gasteiger partial charge < -0.3 is 0 Å². The van der Waals surface area contributed by atoms with Crippen molar-refractivity contribution < 1.29 is 13.2 Å². The van der Waals surface area contributed by atoms with Crippen LogP contribution in [-0.4, -0.2) is 24.7 Å². The second-order valence-electron chi connectivity index (χ2n) is 3.84. The molecule has 1 amide bonds. The Morgan fingerprint density at radius 3 is 2.53 bits per heavy atom. The molecule has 1 saturated heterocycles. The highest BCUT2D eigenvalue weighted by Gasteiger charge is 2.42. The van der Waals surface area contributed by atoms with Crippen molar-refractivity contribution >= 4 is 25.8 Å². The number of nitrogens with zero attached hydrogens (tertiary/aromatic N) is 1. The third-order valence-electron chi connectivity index (χ3n) is 2.61. The average Bonchev–Trinajstić information content (AvgIpc) is 2.06. The van der Waals surface area contributed by atoms with Crippen LogP contribution >= 0.6 is 10.7 Å². The van der Waals surface area contributed by atoms with Gasteiger partial charge in [0, 0.05) is 17.1 Å². The van der Waals surface area contributed by atoms with E-state index in [0.717, 1.165) is 36.4 Å². The number of amides is 1. The topological polar surface area (TPSA) is 54.5 Å². The average molecular weight is 254 g/mol. The minimum atomic E-state index is -3.85. The minimum absolute atomic E-state index is 0.197. The molecule has 0 saturated carbocycles. The van der Waals surface area contributed by atoms with Gasteiger partial charge in [0.25, 0.3) is 0 Å². The predicted molar refractivity (Wildman–Crippen MR) is 58.8 cm³/mol. The molecule has 1 atom stereocenters. The van der Waals surface area contributed by atoms with Crippen LogP contribution in [0.15, 0.2) is 0 Å². The fourth-order valence-corrected chi connectivity index (χ4v) is 3.21. The van der Waals surface area contributed by atoms with E-state index in [1.807, 2.05) is 0 Å². The molecular weight excluding hydrogens is 238 g/mol. The zero-order valence-corrected chi connectivity index (χ0v) is 10.4. The molecule has 0 bridgehead atoms. The van der Waals surface area contributed by atoms with Crippen LogP contribution in [0.5, 0.6) is 0 Å². The van der Waals surface area contributed by atoms with Gasteiger partial charge in [-0.05, 0) is 6.42 Å². The number of carbonyl (C=O) groups excluding carboxylic acids is 1. The smallest absolute Gasteiger partial charge is 0.274 e. The number of rotatable bonds is 6. The van der Waals surface area contributed by atoms with E-state index in [1.165, 1.54) is 0 Å². The monoisotopic (exact) mass is 253 g/mol. The van der Waals surface area contributed by atoms with Gasteiger partial charge in [0.1, 0.15) is 0 Å². The molecule has 1 aliphatic heterocycles. The molecule has 0 radical (unpaired) electrons. The van der Waals surface area contributed by atoms with E-state index in [1.54, 1.807) is 0 Å². The first-order chi connectivity index (χ1) is 6.96. The molecule has 1 aliphatic rings. The van der Waals surface area contributed by atoms with Crippen LogP contribution < -0.4 is 0 Å². The minimum Gasteiger partial charge on any atom is -0.274 e. The van der Waals surface area contributed by atoms with Crippen molar-refractivity contribution in [3.8, 4) is 0 Å². The number of β-lactam (4-membered cyclic amide) rings is 1. The molecule has 0 N–H and O–H groups in total. The van der Waals surface area contributed by atoms with Crippen LogP contribution in [-0.2, 0) is 14.0 Å². The van der Waals surface area contributed by atoms with Gasteiger partial charge in [-0.1, -0.05) is 32.6 Å². The Morgan fingerprint density at radius 1 is 1.40 bits per heavy atom. The fraction of sp³-hybridized carbons (Fsp3) is 0.889. The molecule has 0 aromatic carbocycles. The molecule has 1 rings (SSSR count). The van der Waals surface area contributed by atoms with Crippen molar-refractivity contribution in [3.63, 3.8) is 0 Å². The summed E-state index contributed by atoms with van der Waals surface area (Å²) in [6, 6.07) is -0.197. The Morgan fingerprint density at radius 2 is 2.07 bits per heavy atom. The van der Waals surface area contributed by atoms with Gasteiger partial charge in [0.2, 0.25) is 5.91 Å². The molecule has 1 heterocycles. The SMILES string of the molecule is CCCCCCC1CC(=O)N1S(=O)(=O)Cl. The highest BCUT2D eigenvalue weighted by molar-refractivity contribution is 8.12. The lowest BCUT2D eigenvalue weighted by molar-refractivity contribution is -0.137. The highest BCUT2D eigenvalue weighted by Crippen LogP contribution is 2.29. The molecule has 1 unspecified atom stereocenters. The number of halogens is 1. The van der Waals surface area contributed by atoms with Gasteiger partial charge in [-0.15, -0.1) is 0 Å². The van der Waals surface area contributed by atoms with Crippen molar-refractivity contribution in [2.24, 2.45) is 0 Å². The summed E-state index contributed by atoms with van der Waals surface area (Å²) in [5.41, 5.74) is 0. The van der Waals surface area contributed by atoms with E-state index in [2.05, 4.69) is 6.92 Å². The normalized spacial score (nSPS) is 21.6. The largest absolute Gasteiger partial charge is 0.324 e. The molecule has 0 aromatic rings. The summed E-state index contributed by atoms with van der Waals surface area (Å²) in [7, 11) is 1.29. The Bertz CT molecular complexity index is 328. The van der Waals surface area contributed by atoms with Crippen molar-refractivity contribution in [2.75, 3.05) is 0 Å². The van der Waals surface area contributed by atoms with E-state index in [4.69, 9.17) is 10.7 Å². The van der Waals surface area contributed by atoms with Crippen LogP contribution in [0.3, 0.4) is 0 Å². The quantitative estimate of drug-likeness (QED) is 0.414. The first-order valence-corrected chi connectivity index (χ1v) is 7.50. The molecule has 1 fully saturated rings. The lowest BCUT2D eigenvalue weighted by Crippen LogP contribution is -2.53. The van der Waals surface area contributed by atoms with Gasteiger partial charge in [0.05, 0.1) is 6.04 Å². The summed E-state index contributed by atoms with van der Waals surface area (Å²) in [5, 5.41) is 0. The van der Waals surface area contributed by atoms with Crippen molar-refractivity contribution in [2.45, 2.75) is 51.5 Å².